The molecule has 0 atom stereocenters. The van der Waals surface area contributed by atoms with E-state index in [1.165, 1.54) is 11.3 Å². The van der Waals surface area contributed by atoms with Crippen molar-refractivity contribution in [1.82, 2.24) is 9.71 Å². The first-order chi connectivity index (χ1) is 8.08. The van der Waals surface area contributed by atoms with Crippen molar-refractivity contribution in [3.05, 3.63) is 39.9 Å². The molecular weight excluding hydrogens is 324 g/mol. The van der Waals surface area contributed by atoms with Crippen LogP contribution in [0, 0.1) is 0 Å². The second-order valence-corrected chi connectivity index (χ2v) is 7.88. The van der Waals surface area contributed by atoms with Gasteiger partial charge in [-0.25, -0.2) is 13.1 Å². The van der Waals surface area contributed by atoms with Crippen molar-refractivity contribution in [2.24, 2.45) is 0 Å². The Hall–Kier alpha value is -0.630. The molecule has 0 aliphatic carbocycles. The van der Waals surface area contributed by atoms with E-state index in [0.717, 1.165) is 9.35 Å². The van der Waals surface area contributed by atoms with E-state index < -0.39 is 10.0 Å². The third-order valence-electron chi connectivity index (χ3n) is 2.18. The third kappa shape index (κ3) is 3.41. The van der Waals surface area contributed by atoms with E-state index in [2.05, 4.69) is 25.6 Å². The summed E-state index contributed by atoms with van der Waals surface area (Å²) in [6.07, 6.45) is 4.35. The highest BCUT2D eigenvalue weighted by molar-refractivity contribution is 9.11. The Morgan fingerprint density at radius 2 is 2.18 bits per heavy atom. The zero-order valence-electron chi connectivity index (χ0n) is 8.81. The van der Waals surface area contributed by atoms with Gasteiger partial charge in [-0.2, -0.15) is 0 Å². The van der Waals surface area contributed by atoms with Crippen LogP contribution in [-0.4, -0.2) is 19.9 Å². The Labute approximate surface area is 112 Å². The summed E-state index contributed by atoms with van der Waals surface area (Å²) in [5.41, 5.74) is 1.08. The summed E-state index contributed by atoms with van der Waals surface area (Å²) in [6.45, 7) is 0.399. The van der Waals surface area contributed by atoms with Crippen LogP contribution in [0.15, 0.2) is 38.6 Å². The molecule has 17 heavy (non-hydrogen) atoms. The van der Waals surface area contributed by atoms with Crippen molar-refractivity contribution in [2.45, 2.75) is 10.6 Å². The molecule has 2 rings (SSSR count). The normalized spacial score (nSPS) is 11.8. The lowest BCUT2D eigenvalue weighted by Crippen LogP contribution is -2.25. The number of hydrogen-bond acceptors (Lipinski definition) is 3. The number of thiophene rings is 1. The zero-order valence-corrected chi connectivity index (χ0v) is 12.0. The Kier molecular flexibility index (Phi) is 4.03. The number of aromatic nitrogens is 1. The molecular formula is C10H11BrN2O2S2. The highest BCUT2D eigenvalue weighted by Gasteiger charge is 2.15. The number of sulfonamides is 1. The molecule has 2 aromatic rings. The minimum Gasteiger partial charge on any atom is -0.367 e. The smallest absolute Gasteiger partial charge is 0.250 e. The van der Waals surface area contributed by atoms with Crippen molar-refractivity contribution in [2.75, 3.05) is 6.54 Å². The molecule has 92 valence electrons. The number of aromatic amines is 1. The van der Waals surface area contributed by atoms with Crippen LogP contribution in [0.1, 0.15) is 5.56 Å². The third-order valence-corrected chi connectivity index (χ3v) is 5.76. The van der Waals surface area contributed by atoms with E-state index >= 15 is 0 Å². The van der Waals surface area contributed by atoms with E-state index in [-0.39, 0.29) is 0 Å². The van der Waals surface area contributed by atoms with Gasteiger partial charge in [-0.05, 0) is 46.1 Å². The Bertz CT molecular complexity index is 575. The van der Waals surface area contributed by atoms with Crippen molar-refractivity contribution >= 4 is 37.3 Å². The SMILES string of the molecule is O=S(=O)(NCCc1cc[nH]c1)c1ccc(Br)s1. The van der Waals surface area contributed by atoms with Gasteiger partial charge in [0.1, 0.15) is 4.21 Å². The van der Waals surface area contributed by atoms with E-state index in [1.807, 2.05) is 18.5 Å². The standard InChI is InChI=1S/C10H11BrN2O2S2/c11-9-1-2-10(16-9)17(14,15)13-6-4-8-3-5-12-7-8/h1-3,5,7,12-13H,4,6H2. The quantitative estimate of drug-likeness (QED) is 0.881. The van der Waals surface area contributed by atoms with Crippen LogP contribution in [0.2, 0.25) is 0 Å². The van der Waals surface area contributed by atoms with Crippen LogP contribution in [0.25, 0.3) is 0 Å². The minimum atomic E-state index is -3.36. The molecule has 2 N–H and O–H groups in total. The average molecular weight is 335 g/mol. The van der Waals surface area contributed by atoms with Gasteiger partial charge in [-0.15, -0.1) is 11.3 Å². The number of nitrogens with one attached hydrogen (secondary N) is 2. The Balaban J connectivity index is 1.94. The van der Waals surface area contributed by atoms with Gasteiger partial charge in [0.15, 0.2) is 0 Å². The number of halogens is 1. The van der Waals surface area contributed by atoms with Crippen LogP contribution in [-0.2, 0) is 16.4 Å². The fraction of sp³-hybridized carbons (Fsp3) is 0.200. The van der Waals surface area contributed by atoms with Crippen molar-refractivity contribution < 1.29 is 8.42 Å². The van der Waals surface area contributed by atoms with Gasteiger partial charge in [0.2, 0.25) is 10.0 Å². The summed E-state index contributed by atoms with van der Waals surface area (Å²) in [4.78, 5) is 2.93. The highest BCUT2D eigenvalue weighted by atomic mass is 79.9. The fourth-order valence-corrected chi connectivity index (χ4v) is 4.44. The minimum absolute atomic E-state index is 0.332. The van der Waals surface area contributed by atoms with Crippen molar-refractivity contribution in [1.29, 1.82) is 0 Å². The van der Waals surface area contributed by atoms with E-state index in [0.29, 0.717) is 17.2 Å². The van der Waals surface area contributed by atoms with Gasteiger partial charge in [0.05, 0.1) is 3.79 Å². The predicted octanol–water partition coefficient (Wildman–Crippen LogP) is 2.36. The predicted molar refractivity (Wildman–Crippen MR) is 71.7 cm³/mol. The molecule has 0 fully saturated rings. The topological polar surface area (TPSA) is 62.0 Å². The second-order valence-electron chi connectivity index (χ2n) is 3.43. The zero-order chi connectivity index (χ0) is 12.3. The Morgan fingerprint density at radius 1 is 1.35 bits per heavy atom. The molecule has 7 heteroatoms. The summed E-state index contributed by atoms with van der Waals surface area (Å²) < 4.78 is 27.4. The molecule has 0 amide bonds. The molecule has 0 aliphatic rings. The monoisotopic (exact) mass is 334 g/mol. The lowest BCUT2D eigenvalue weighted by molar-refractivity contribution is 0.584. The molecule has 0 aliphatic heterocycles. The molecule has 0 unspecified atom stereocenters. The molecule has 2 heterocycles. The first-order valence-electron chi connectivity index (χ1n) is 4.94. The van der Waals surface area contributed by atoms with Gasteiger partial charge in [0.25, 0.3) is 0 Å². The van der Waals surface area contributed by atoms with Crippen LogP contribution >= 0.6 is 27.3 Å². The van der Waals surface area contributed by atoms with Gasteiger partial charge in [-0.3, -0.25) is 0 Å². The van der Waals surface area contributed by atoms with E-state index in [1.54, 1.807) is 12.1 Å². The van der Waals surface area contributed by atoms with Crippen molar-refractivity contribution in [3.63, 3.8) is 0 Å². The molecule has 0 radical (unpaired) electrons. The number of hydrogen-bond donors (Lipinski definition) is 2. The maximum atomic E-state index is 11.8. The van der Waals surface area contributed by atoms with Crippen LogP contribution in [0.3, 0.4) is 0 Å². The number of H-pyrrole nitrogens is 1. The highest BCUT2D eigenvalue weighted by Crippen LogP contribution is 2.25. The molecule has 2 aromatic heterocycles. The lowest BCUT2D eigenvalue weighted by atomic mass is 10.2. The molecule has 4 nitrogen and oxygen atoms in total. The maximum Gasteiger partial charge on any atom is 0.250 e. The summed E-state index contributed by atoms with van der Waals surface area (Å²) in [5.74, 6) is 0. The molecule has 0 saturated heterocycles. The maximum absolute atomic E-state index is 11.8. The average Bonchev–Trinajstić information content (AvgIpc) is 2.89. The summed E-state index contributed by atoms with van der Waals surface area (Å²) in [7, 11) is -3.36. The van der Waals surface area contributed by atoms with Crippen LogP contribution < -0.4 is 4.72 Å². The molecule has 0 spiro atoms. The van der Waals surface area contributed by atoms with Crippen LogP contribution in [0.5, 0.6) is 0 Å². The van der Waals surface area contributed by atoms with Crippen LogP contribution in [0.4, 0.5) is 0 Å². The summed E-state index contributed by atoms with van der Waals surface area (Å²) in [6, 6.07) is 5.24. The van der Waals surface area contributed by atoms with Gasteiger partial charge >= 0.3 is 0 Å². The second kappa shape index (κ2) is 5.34. The first-order valence-corrected chi connectivity index (χ1v) is 8.04. The van der Waals surface area contributed by atoms with Gasteiger partial charge in [0, 0.05) is 18.9 Å². The molecule has 0 bridgehead atoms. The van der Waals surface area contributed by atoms with Crippen molar-refractivity contribution in [3.8, 4) is 0 Å². The van der Waals surface area contributed by atoms with Gasteiger partial charge < -0.3 is 4.98 Å². The van der Waals surface area contributed by atoms with Gasteiger partial charge in [-0.1, -0.05) is 0 Å². The number of rotatable bonds is 5. The first kappa shape index (κ1) is 12.8. The fourth-order valence-electron chi connectivity index (χ4n) is 1.36. The molecule has 0 saturated carbocycles. The largest absolute Gasteiger partial charge is 0.367 e. The summed E-state index contributed by atoms with van der Waals surface area (Å²) in [5, 5.41) is 0. The van der Waals surface area contributed by atoms with E-state index in [4.69, 9.17) is 0 Å². The molecule has 0 aromatic carbocycles. The Morgan fingerprint density at radius 3 is 2.76 bits per heavy atom. The summed E-state index contributed by atoms with van der Waals surface area (Å²) >= 11 is 4.45. The van der Waals surface area contributed by atoms with E-state index in [9.17, 15) is 8.42 Å². The lowest BCUT2D eigenvalue weighted by Gasteiger charge is -2.03.